The summed E-state index contributed by atoms with van der Waals surface area (Å²) in [5.41, 5.74) is 12.9. The van der Waals surface area contributed by atoms with Crippen LogP contribution in [0.4, 0.5) is 0 Å². The van der Waals surface area contributed by atoms with Crippen LogP contribution in [0.5, 0.6) is 6.01 Å². The van der Waals surface area contributed by atoms with Gasteiger partial charge >= 0.3 is 0 Å². The van der Waals surface area contributed by atoms with Gasteiger partial charge in [0.15, 0.2) is 6.10 Å². The molecule has 4 atom stereocenters. The predicted molar refractivity (Wildman–Crippen MR) is 150 cm³/mol. The Labute approximate surface area is 231 Å². The fraction of sp³-hybridized carbons (Fsp3) is 0.367. The highest BCUT2D eigenvalue weighted by Crippen LogP contribution is 2.35. The topological polar surface area (TPSA) is 106 Å². The van der Waals surface area contributed by atoms with Crippen molar-refractivity contribution in [2.45, 2.75) is 31.0 Å². The lowest BCUT2D eigenvalue weighted by atomic mass is 9.97. The zero-order chi connectivity index (χ0) is 26.5. The van der Waals surface area contributed by atoms with Gasteiger partial charge in [-0.15, -0.1) is 0 Å². The monoisotopic (exact) mass is 546 g/mol. The number of H-pyrrole nitrogens is 1. The van der Waals surface area contributed by atoms with E-state index >= 15 is 0 Å². The summed E-state index contributed by atoms with van der Waals surface area (Å²) in [6.45, 7) is 4.54. The second-order valence-corrected chi connectivity index (χ2v) is 11.2. The third-order valence-corrected chi connectivity index (χ3v) is 8.36. The fourth-order valence-corrected chi connectivity index (χ4v) is 6.10. The number of halogens is 1. The van der Waals surface area contributed by atoms with Crippen molar-refractivity contribution in [1.82, 2.24) is 14.9 Å². The highest BCUT2D eigenvalue weighted by atomic mass is 35.5. The normalized spacial score (nSPS) is 25.2. The van der Waals surface area contributed by atoms with E-state index < -0.39 is 6.10 Å². The Balaban J connectivity index is 1.05. The Bertz CT molecular complexity index is 1470. The summed E-state index contributed by atoms with van der Waals surface area (Å²) in [7, 11) is 0. The van der Waals surface area contributed by atoms with Gasteiger partial charge in [0.25, 0.3) is 6.01 Å². The smallest absolute Gasteiger partial charge is 0.295 e. The molecule has 0 aliphatic carbocycles. The first-order chi connectivity index (χ1) is 19.0. The van der Waals surface area contributed by atoms with Crippen LogP contribution in [0.3, 0.4) is 0 Å². The number of benzene rings is 3. The number of hydrogen-bond acceptors (Lipinski definition) is 7. The van der Waals surface area contributed by atoms with Gasteiger partial charge in [0.05, 0.1) is 29.3 Å². The number of nitrogens with zero attached hydrogens (tertiary/aromatic N) is 2. The minimum atomic E-state index is -0.619. The number of hydrogen-bond donors (Lipinski definition) is 3. The molecule has 0 amide bonds. The van der Waals surface area contributed by atoms with Crippen molar-refractivity contribution in [2.75, 3.05) is 32.8 Å². The molecule has 0 saturated carbocycles. The Kier molecular flexibility index (Phi) is 6.55. The molecule has 9 heteroatoms. The van der Waals surface area contributed by atoms with Crippen molar-refractivity contribution in [3.05, 3.63) is 71.2 Å². The number of aromatic amines is 1. The van der Waals surface area contributed by atoms with E-state index in [2.05, 4.69) is 63.4 Å². The quantitative estimate of drug-likeness (QED) is 0.323. The average molecular weight is 547 g/mol. The third-order valence-electron chi connectivity index (χ3n) is 8.05. The van der Waals surface area contributed by atoms with Crippen LogP contribution in [0.25, 0.3) is 33.3 Å². The van der Waals surface area contributed by atoms with E-state index in [0.717, 1.165) is 53.9 Å². The van der Waals surface area contributed by atoms with E-state index in [-0.39, 0.29) is 24.9 Å². The molecule has 4 unspecified atom stereocenters. The van der Waals surface area contributed by atoms with Crippen LogP contribution >= 0.6 is 11.6 Å². The molecule has 202 valence electrons. The number of ether oxygens (including phenoxy) is 3. The molecule has 1 aromatic heterocycles. The summed E-state index contributed by atoms with van der Waals surface area (Å²) in [6, 6.07) is 21.4. The molecule has 0 spiro atoms. The predicted octanol–water partition coefficient (Wildman–Crippen LogP) is 3.85. The molecular formula is C30H31ClN4O4. The maximum atomic E-state index is 9.96. The summed E-state index contributed by atoms with van der Waals surface area (Å²) in [4.78, 5) is 10.3. The summed E-state index contributed by atoms with van der Waals surface area (Å²) in [6.07, 6.45) is -1.60. The van der Waals surface area contributed by atoms with Crippen LogP contribution in [0.1, 0.15) is 5.56 Å². The molecule has 7 rings (SSSR count). The van der Waals surface area contributed by atoms with Crippen molar-refractivity contribution in [1.29, 1.82) is 0 Å². The summed E-state index contributed by atoms with van der Waals surface area (Å²) >= 11 is 6.69. The van der Waals surface area contributed by atoms with Crippen LogP contribution in [0.15, 0.2) is 60.7 Å². The van der Waals surface area contributed by atoms with E-state index in [0.29, 0.717) is 23.6 Å². The lowest BCUT2D eigenvalue weighted by molar-refractivity contribution is 0.00706. The van der Waals surface area contributed by atoms with Crippen LogP contribution in [0, 0.1) is 5.92 Å². The summed E-state index contributed by atoms with van der Waals surface area (Å²) < 4.78 is 17.3. The second kappa shape index (κ2) is 10.2. The fourth-order valence-electron chi connectivity index (χ4n) is 5.83. The number of nitrogens with one attached hydrogen (secondary N) is 1. The zero-order valence-corrected chi connectivity index (χ0v) is 22.2. The molecule has 4 N–H and O–H groups in total. The lowest BCUT2D eigenvalue weighted by Crippen LogP contribution is -2.49. The van der Waals surface area contributed by atoms with Crippen molar-refractivity contribution in [3.8, 4) is 28.3 Å². The molecule has 3 aliphatic heterocycles. The Morgan fingerprint density at radius 2 is 1.67 bits per heavy atom. The Morgan fingerprint density at radius 1 is 0.974 bits per heavy atom. The maximum Gasteiger partial charge on any atom is 0.295 e. The largest absolute Gasteiger partial charge is 0.456 e. The van der Waals surface area contributed by atoms with Crippen molar-refractivity contribution in [2.24, 2.45) is 11.7 Å². The molecule has 3 fully saturated rings. The van der Waals surface area contributed by atoms with Gasteiger partial charge in [-0.2, -0.15) is 4.98 Å². The first kappa shape index (κ1) is 25.0. The number of likely N-dealkylation sites (tertiary alicyclic amines) is 1. The molecule has 3 saturated heterocycles. The molecule has 0 radical (unpaired) electrons. The van der Waals surface area contributed by atoms with Crippen LogP contribution in [-0.4, -0.2) is 77.2 Å². The summed E-state index contributed by atoms with van der Waals surface area (Å²) in [5.74, 6) is 0.651. The van der Waals surface area contributed by atoms with Gasteiger partial charge in [-0.3, -0.25) is 4.90 Å². The number of nitrogens with two attached hydrogens (primary N) is 1. The molecule has 8 nitrogen and oxygen atoms in total. The van der Waals surface area contributed by atoms with Crippen LogP contribution in [-0.2, 0) is 16.0 Å². The molecule has 3 aliphatic rings. The standard InChI is InChI=1S/C30H31ClN4O4/c31-23-10-25-24(33-30(34-25)39-27-16-38-28-26(36)15-37-29(27)28)9-22(23)21-7-5-20(6-8-21)19-3-1-17(2-4-19)12-35-13-18(11-32)14-35/h1-10,18,26-29,36H,11-16,32H2,(H,33,34). The lowest BCUT2D eigenvalue weighted by Gasteiger charge is -2.38. The average Bonchev–Trinajstić information content (AvgIpc) is 3.62. The first-order valence-corrected chi connectivity index (χ1v) is 13.8. The molecule has 4 aromatic rings. The van der Waals surface area contributed by atoms with Crippen molar-refractivity contribution < 1.29 is 19.3 Å². The first-order valence-electron chi connectivity index (χ1n) is 13.4. The second-order valence-electron chi connectivity index (χ2n) is 10.8. The number of aliphatic hydroxyl groups excluding tert-OH is 1. The number of fused-ring (bicyclic) bond motifs is 2. The number of imidazole rings is 1. The van der Waals surface area contributed by atoms with Gasteiger partial charge in [0.2, 0.25) is 0 Å². The zero-order valence-electron chi connectivity index (χ0n) is 21.4. The van der Waals surface area contributed by atoms with Gasteiger partial charge < -0.3 is 30.0 Å². The van der Waals surface area contributed by atoms with Crippen molar-refractivity contribution in [3.63, 3.8) is 0 Å². The summed E-state index contributed by atoms with van der Waals surface area (Å²) in [5, 5.41) is 10.6. The van der Waals surface area contributed by atoms with E-state index in [1.807, 2.05) is 12.1 Å². The van der Waals surface area contributed by atoms with Crippen LogP contribution in [0.2, 0.25) is 5.02 Å². The minimum Gasteiger partial charge on any atom is -0.456 e. The molecule has 0 bridgehead atoms. The molecular weight excluding hydrogens is 516 g/mol. The Hall–Kier alpha value is -2.98. The van der Waals surface area contributed by atoms with Gasteiger partial charge in [-0.25, -0.2) is 0 Å². The SMILES string of the molecule is NCC1CN(Cc2ccc(-c3ccc(-c4cc5nc(OC6COC7C(O)COC67)[nH]c5cc4Cl)cc3)cc2)C1. The van der Waals surface area contributed by atoms with E-state index in [4.69, 9.17) is 31.5 Å². The molecule has 3 aromatic carbocycles. The highest BCUT2D eigenvalue weighted by molar-refractivity contribution is 6.34. The van der Waals surface area contributed by atoms with E-state index in [1.165, 1.54) is 11.1 Å². The molecule has 39 heavy (non-hydrogen) atoms. The van der Waals surface area contributed by atoms with Gasteiger partial charge in [-0.05, 0) is 46.8 Å². The number of rotatable bonds is 7. The maximum absolute atomic E-state index is 9.96. The van der Waals surface area contributed by atoms with E-state index in [9.17, 15) is 5.11 Å². The van der Waals surface area contributed by atoms with E-state index in [1.54, 1.807) is 0 Å². The third kappa shape index (κ3) is 4.82. The van der Waals surface area contributed by atoms with Gasteiger partial charge in [0, 0.05) is 25.2 Å². The number of aliphatic hydroxyl groups is 1. The Morgan fingerprint density at radius 3 is 2.41 bits per heavy atom. The van der Waals surface area contributed by atoms with Gasteiger partial charge in [-0.1, -0.05) is 60.1 Å². The highest BCUT2D eigenvalue weighted by Gasteiger charge is 2.48. The van der Waals surface area contributed by atoms with Gasteiger partial charge in [0.1, 0.15) is 18.3 Å². The van der Waals surface area contributed by atoms with Crippen LogP contribution < -0.4 is 10.5 Å². The van der Waals surface area contributed by atoms with Crippen molar-refractivity contribution >= 4 is 22.6 Å². The minimum absolute atomic E-state index is 0.257. The molecule has 4 heterocycles. The number of aromatic nitrogens is 2.